The molecule has 6 nitrogen and oxygen atoms in total. The fourth-order valence-corrected chi connectivity index (χ4v) is 7.48. The summed E-state index contributed by atoms with van der Waals surface area (Å²) in [5.74, 6) is -0.880. The first kappa shape index (κ1) is 56.9. The van der Waals surface area contributed by atoms with E-state index in [9.17, 15) is 14.4 Å². The Morgan fingerprint density at radius 3 is 0.898 bits per heavy atom. The number of carbonyl (C=O) groups excluding carboxylic acids is 3. The van der Waals surface area contributed by atoms with Crippen molar-refractivity contribution in [3.63, 3.8) is 0 Å². The Morgan fingerprint density at radius 1 is 0.322 bits per heavy atom. The van der Waals surface area contributed by atoms with Crippen LogP contribution < -0.4 is 0 Å². The molecule has 0 fully saturated rings. The second kappa shape index (κ2) is 48.6. The summed E-state index contributed by atoms with van der Waals surface area (Å²) in [4.78, 5) is 37.9. The highest BCUT2D eigenvalue weighted by molar-refractivity contribution is 5.71. The van der Waals surface area contributed by atoms with Crippen LogP contribution in [0.1, 0.15) is 278 Å². The Kier molecular flexibility index (Phi) is 46.8. The molecule has 6 heteroatoms. The van der Waals surface area contributed by atoms with E-state index in [2.05, 4.69) is 45.1 Å². The summed E-state index contributed by atoms with van der Waals surface area (Å²) in [6, 6.07) is 0. The van der Waals surface area contributed by atoms with Crippen molar-refractivity contribution in [2.45, 2.75) is 284 Å². The van der Waals surface area contributed by atoms with Crippen molar-refractivity contribution in [3.05, 3.63) is 24.3 Å². The summed E-state index contributed by atoms with van der Waals surface area (Å²) in [7, 11) is 0. The largest absolute Gasteiger partial charge is 0.462 e. The number of rotatable bonds is 47. The van der Waals surface area contributed by atoms with Gasteiger partial charge >= 0.3 is 17.9 Å². The lowest BCUT2D eigenvalue weighted by atomic mass is 10.0. The maximum absolute atomic E-state index is 12.8. The van der Waals surface area contributed by atoms with E-state index in [1.54, 1.807) is 0 Å². The molecule has 1 unspecified atom stereocenters. The zero-order valence-electron chi connectivity index (χ0n) is 39.5. The van der Waals surface area contributed by atoms with Gasteiger partial charge in [-0.15, -0.1) is 0 Å². The number of unbranched alkanes of at least 4 members (excludes halogenated alkanes) is 32. The maximum atomic E-state index is 12.8. The van der Waals surface area contributed by atoms with Crippen molar-refractivity contribution < 1.29 is 28.6 Å². The van der Waals surface area contributed by atoms with Crippen LogP contribution in [0, 0.1) is 0 Å². The van der Waals surface area contributed by atoms with Crippen LogP contribution in [0.2, 0.25) is 0 Å². The van der Waals surface area contributed by atoms with Gasteiger partial charge in [-0.3, -0.25) is 14.4 Å². The van der Waals surface area contributed by atoms with Crippen LogP contribution in [0.4, 0.5) is 0 Å². The van der Waals surface area contributed by atoms with Crippen LogP contribution in [-0.2, 0) is 28.6 Å². The minimum atomic E-state index is -0.771. The van der Waals surface area contributed by atoms with E-state index in [1.807, 2.05) is 0 Å². The van der Waals surface area contributed by atoms with Gasteiger partial charge in [-0.1, -0.05) is 218 Å². The summed E-state index contributed by atoms with van der Waals surface area (Å²) >= 11 is 0. The van der Waals surface area contributed by atoms with Gasteiger partial charge in [-0.2, -0.15) is 0 Å². The number of hydrogen-bond acceptors (Lipinski definition) is 6. The van der Waals surface area contributed by atoms with Crippen LogP contribution in [0.15, 0.2) is 24.3 Å². The summed E-state index contributed by atoms with van der Waals surface area (Å²) in [6.45, 7) is 6.60. The average molecular weight is 831 g/mol. The SMILES string of the molecule is CCCC/C=C\CCCCCCC(=O)OCC(COC(=O)CCCCCCCCC/C=C\CCCCCCCC)OC(=O)CCCCCCCCCCCCCCCC. The molecule has 0 spiro atoms. The lowest BCUT2D eigenvalue weighted by Crippen LogP contribution is -2.30. The number of esters is 3. The molecule has 1 atom stereocenters. The van der Waals surface area contributed by atoms with Crippen LogP contribution in [-0.4, -0.2) is 37.2 Å². The van der Waals surface area contributed by atoms with Gasteiger partial charge in [0.25, 0.3) is 0 Å². The van der Waals surface area contributed by atoms with Crippen molar-refractivity contribution in [3.8, 4) is 0 Å². The molecule has 0 bridgehead atoms. The number of allylic oxidation sites excluding steroid dienone is 4. The van der Waals surface area contributed by atoms with Gasteiger partial charge < -0.3 is 14.2 Å². The van der Waals surface area contributed by atoms with Crippen molar-refractivity contribution in [2.24, 2.45) is 0 Å². The number of carbonyl (C=O) groups is 3. The Hall–Kier alpha value is -2.11. The average Bonchev–Trinajstić information content (AvgIpc) is 3.23. The minimum absolute atomic E-state index is 0.0736. The Labute approximate surface area is 366 Å². The molecule has 346 valence electrons. The second-order valence-electron chi connectivity index (χ2n) is 17.4. The lowest BCUT2D eigenvalue weighted by Gasteiger charge is -2.18. The monoisotopic (exact) mass is 831 g/mol. The predicted molar refractivity (Wildman–Crippen MR) is 252 cm³/mol. The van der Waals surface area contributed by atoms with E-state index in [0.29, 0.717) is 19.3 Å². The highest BCUT2D eigenvalue weighted by Gasteiger charge is 2.19. The third kappa shape index (κ3) is 46.8. The Bertz CT molecular complexity index is 958. The molecule has 0 N–H and O–H groups in total. The predicted octanol–water partition coefficient (Wildman–Crippen LogP) is 16.8. The van der Waals surface area contributed by atoms with Gasteiger partial charge in [-0.05, 0) is 64.2 Å². The molecule has 0 saturated heterocycles. The molecule has 0 aliphatic carbocycles. The fourth-order valence-electron chi connectivity index (χ4n) is 7.48. The van der Waals surface area contributed by atoms with Gasteiger partial charge in [0.2, 0.25) is 0 Å². The van der Waals surface area contributed by atoms with Crippen LogP contribution in [0.25, 0.3) is 0 Å². The van der Waals surface area contributed by atoms with Crippen LogP contribution in [0.3, 0.4) is 0 Å². The van der Waals surface area contributed by atoms with Crippen molar-refractivity contribution in [1.29, 1.82) is 0 Å². The highest BCUT2D eigenvalue weighted by Crippen LogP contribution is 2.16. The topological polar surface area (TPSA) is 78.9 Å². The summed E-state index contributed by atoms with van der Waals surface area (Å²) in [5, 5.41) is 0. The fraction of sp³-hybridized carbons (Fsp3) is 0.868. The molecule has 0 radical (unpaired) electrons. The zero-order valence-corrected chi connectivity index (χ0v) is 39.5. The molecule has 0 aliphatic heterocycles. The molecule has 59 heavy (non-hydrogen) atoms. The molecule has 0 rings (SSSR count). The zero-order chi connectivity index (χ0) is 43.0. The molecule has 0 aromatic heterocycles. The first-order valence-corrected chi connectivity index (χ1v) is 25.8. The van der Waals surface area contributed by atoms with Crippen molar-refractivity contribution in [1.82, 2.24) is 0 Å². The second-order valence-corrected chi connectivity index (χ2v) is 17.4. The van der Waals surface area contributed by atoms with E-state index < -0.39 is 6.10 Å². The molecule has 0 heterocycles. The molecule has 0 aromatic rings. The Morgan fingerprint density at radius 2 is 0.576 bits per heavy atom. The van der Waals surface area contributed by atoms with E-state index in [4.69, 9.17) is 14.2 Å². The normalized spacial score (nSPS) is 12.1. The molecule has 0 amide bonds. The summed E-state index contributed by atoms with van der Waals surface area (Å²) in [6.07, 6.45) is 54.5. The smallest absolute Gasteiger partial charge is 0.306 e. The molecule has 0 saturated carbocycles. The summed E-state index contributed by atoms with van der Waals surface area (Å²) < 4.78 is 16.8. The van der Waals surface area contributed by atoms with E-state index >= 15 is 0 Å². The van der Waals surface area contributed by atoms with Gasteiger partial charge in [0.15, 0.2) is 6.10 Å². The Balaban J connectivity index is 4.31. The first-order valence-electron chi connectivity index (χ1n) is 25.8. The third-order valence-electron chi connectivity index (χ3n) is 11.4. The van der Waals surface area contributed by atoms with Gasteiger partial charge in [-0.25, -0.2) is 0 Å². The maximum Gasteiger partial charge on any atom is 0.306 e. The molecular weight excluding hydrogens is 733 g/mol. The standard InChI is InChI=1S/C53H98O6/c1-4-7-10-13-16-19-22-24-26-27-28-30-31-34-37-40-43-46-52(55)58-49-50(48-57-51(54)45-42-39-36-33-21-18-15-12-9-6-3)59-53(56)47-44-41-38-35-32-29-25-23-20-17-14-11-8-5-2/h15,18,24,26,50H,4-14,16-17,19-23,25,27-49H2,1-3H3/b18-15-,26-24-. The number of hydrogen-bond donors (Lipinski definition) is 0. The van der Waals surface area contributed by atoms with Gasteiger partial charge in [0, 0.05) is 19.3 Å². The lowest BCUT2D eigenvalue weighted by molar-refractivity contribution is -0.167. The van der Waals surface area contributed by atoms with Crippen LogP contribution in [0.5, 0.6) is 0 Å². The van der Waals surface area contributed by atoms with E-state index in [1.165, 1.54) is 161 Å². The summed E-state index contributed by atoms with van der Waals surface area (Å²) in [5.41, 5.74) is 0. The van der Waals surface area contributed by atoms with Crippen molar-refractivity contribution >= 4 is 17.9 Å². The minimum Gasteiger partial charge on any atom is -0.462 e. The number of ether oxygens (including phenoxy) is 3. The van der Waals surface area contributed by atoms with E-state index in [-0.39, 0.29) is 31.1 Å². The first-order chi connectivity index (χ1) is 29.0. The quantitative estimate of drug-likeness (QED) is 0.0263. The third-order valence-corrected chi connectivity index (χ3v) is 11.4. The molecule has 0 aliphatic rings. The molecular formula is C53H98O6. The van der Waals surface area contributed by atoms with Gasteiger partial charge in [0.05, 0.1) is 0 Å². The molecule has 0 aromatic carbocycles. The van der Waals surface area contributed by atoms with Gasteiger partial charge in [0.1, 0.15) is 13.2 Å². The van der Waals surface area contributed by atoms with Crippen molar-refractivity contribution in [2.75, 3.05) is 13.2 Å². The highest BCUT2D eigenvalue weighted by atomic mass is 16.6. The van der Waals surface area contributed by atoms with Crippen LogP contribution >= 0.6 is 0 Å². The van der Waals surface area contributed by atoms with E-state index in [0.717, 1.165) is 77.0 Å².